The summed E-state index contributed by atoms with van der Waals surface area (Å²) in [6, 6.07) is 11.7. The second kappa shape index (κ2) is 7.02. The Morgan fingerprint density at radius 1 is 1.23 bits per heavy atom. The lowest BCUT2D eigenvalue weighted by Gasteiger charge is -2.34. The van der Waals surface area contributed by atoms with Crippen LogP contribution in [0.2, 0.25) is 0 Å². The molecule has 132 valence electrons. The van der Waals surface area contributed by atoms with Gasteiger partial charge in [-0.1, -0.05) is 19.1 Å². The number of allylic oxidation sites excluding steroid dienone is 1. The summed E-state index contributed by atoms with van der Waals surface area (Å²) in [5.74, 6) is 1.96. The van der Waals surface area contributed by atoms with Crippen LogP contribution in [0.15, 0.2) is 42.5 Å². The molecule has 0 radical (unpaired) electrons. The monoisotopic (exact) mass is 348 g/mol. The molecular formula is C19H20N6O. The van der Waals surface area contributed by atoms with Crippen LogP contribution in [0.1, 0.15) is 12.6 Å². The number of nitrogens with zero attached hydrogens (tertiary/aromatic N) is 5. The van der Waals surface area contributed by atoms with Crippen molar-refractivity contribution in [1.29, 1.82) is 5.26 Å². The summed E-state index contributed by atoms with van der Waals surface area (Å²) in [7, 11) is 0. The number of fused-ring (bicyclic) bond motifs is 1. The molecule has 0 atom stereocenters. The highest BCUT2D eigenvalue weighted by molar-refractivity contribution is 5.82. The number of para-hydroxylation sites is 2. The molecule has 1 aromatic carbocycles. The Morgan fingerprint density at radius 2 is 2.04 bits per heavy atom. The average molecular weight is 348 g/mol. The Morgan fingerprint density at radius 3 is 2.77 bits per heavy atom. The molecule has 4 rings (SSSR count). The van der Waals surface area contributed by atoms with E-state index >= 15 is 0 Å². The van der Waals surface area contributed by atoms with Crippen molar-refractivity contribution in [3.05, 3.63) is 48.2 Å². The number of benzene rings is 1. The number of hydrogen-bond donors (Lipinski definition) is 1. The van der Waals surface area contributed by atoms with Crippen LogP contribution in [0.25, 0.3) is 5.57 Å². The molecule has 2 aliphatic rings. The van der Waals surface area contributed by atoms with Gasteiger partial charge in [-0.3, -0.25) is 0 Å². The minimum absolute atomic E-state index is 0.372. The van der Waals surface area contributed by atoms with Gasteiger partial charge in [-0.25, -0.2) is 9.97 Å². The second-order valence-electron chi connectivity index (χ2n) is 6.22. The highest BCUT2D eigenvalue weighted by Gasteiger charge is 2.23. The Kier molecular flexibility index (Phi) is 4.42. The van der Waals surface area contributed by atoms with Crippen molar-refractivity contribution in [2.75, 3.05) is 42.9 Å². The van der Waals surface area contributed by atoms with Crippen LogP contribution in [-0.4, -0.2) is 47.6 Å². The van der Waals surface area contributed by atoms with Crippen molar-refractivity contribution >= 4 is 17.1 Å². The van der Waals surface area contributed by atoms with Gasteiger partial charge in [0.2, 0.25) is 5.88 Å². The molecule has 7 heteroatoms. The Balaban J connectivity index is 1.60. The van der Waals surface area contributed by atoms with E-state index in [0.717, 1.165) is 44.2 Å². The lowest BCUT2D eigenvalue weighted by molar-refractivity contribution is 0.270. The van der Waals surface area contributed by atoms with Gasteiger partial charge in [0.25, 0.3) is 0 Å². The van der Waals surface area contributed by atoms with Crippen LogP contribution in [0.4, 0.5) is 11.5 Å². The third-order valence-corrected chi connectivity index (χ3v) is 4.74. The smallest absolute Gasteiger partial charge is 0.218 e. The van der Waals surface area contributed by atoms with Crippen LogP contribution in [0.5, 0.6) is 5.75 Å². The fraction of sp³-hybridized carbons (Fsp3) is 0.316. The minimum atomic E-state index is 0.372. The molecular weight excluding hydrogens is 328 g/mol. The summed E-state index contributed by atoms with van der Waals surface area (Å²) in [5, 5.41) is 12.8. The Bertz CT molecular complexity index is 853. The number of nitriles is 1. The molecule has 1 fully saturated rings. The predicted molar refractivity (Wildman–Crippen MR) is 99.6 cm³/mol. The first-order valence-electron chi connectivity index (χ1n) is 8.76. The number of piperazine rings is 1. The van der Waals surface area contributed by atoms with Crippen molar-refractivity contribution in [2.24, 2.45) is 0 Å². The molecule has 0 amide bonds. The molecule has 26 heavy (non-hydrogen) atoms. The summed E-state index contributed by atoms with van der Waals surface area (Å²) in [5.41, 5.74) is 1.78. The van der Waals surface area contributed by atoms with E-state index in [1.807, 2.05) is 30.3 Å². The van der Waals surface area contributed by atoms with Crippen molar-refractivity contribution in [2.45, 2.75) is 6.92 Å². The third kappa shape index (κ3) is 3.07. The second-order valence-corrected chi connectivity index (χ2v) is 6.22. The van der Waals surface area contributed by atoms with Crippen LogP contribution in [0, 0.1) is 11.3 Å². The van der Waals surface area contributed by atoms with E-state index < -0.39 is 0 Å². The van der Waals surface area contributed by atoms with E-state index in [9.17, 15) is 5.26 Å². The van der Waals surface area contributed by atoms with Gasteiger partial charge in [-0.05, 0) is 18.7 Å². The summed E-state index contributed by atoms with van der Waals surface area (Å²) in [4.78, 5) is 13.3. The largest absolute Gasteiger partial charge is 0.437 e. The summed E-state index contributed by atoms with van der Waals surface area (Å²) in [6.07, 6.45) is 1.51. The van der Waals surface area contributed by atoms with Crippen LogP contribution < -0.4 is 15.0 Å². The van der Waals surface area contributed by atoms with Gasteiger partial charge in [0.1, 0.15) is 23.8 Å². The summed E-state index contributed by atoms with van der Waals surface area (Å²) in [6.45, 7) is 7.11. The van der Waals surface area contributed by atoms with Gasteiger partial charge in [-0.2, -0.15) is 5.26 Å². The van der Waals surface area contributed by atoms with Crippen LogP contribution in [0.3, 0.4) is 0 Å². The first-order chi connectivity index (χ1) is 12.8. The molecule has 0 bridgehead atoms. The molecule has 1 aromatic heterocycles. The normalized spacial score (nSPS) is 18.5. The number of likely N-dealkylation sites (N-methyl/N-ethyl adjacent to an activating group) is 1. The average Bonchev–Trinajstić information content (AvgIpc) is 3.12. The SMILES string of the molecule is CCN1CCN(c2cc(C(C#N)=C3Nc4ccccc4O3)ncn2)CC1. The lowest BCUT2D eigenvalue weighted by Crippen LogP contribution is -2.46. The van der Waals surface area contributed by atoms with E-state index in [1.54, 1.807) is 0 Å². The van der Waals surface area contributed by atoms with Gasteiger partial charge >= 0.3 is 0 Å². The van der Waals surface area contributed by atoms with E-state index in [-0.39, 0.29) is 0 Å². The zero-order chi connectivity index (χ0) is 17.9. The molecule has 1 N–H and O–H groups in total. The number of aromatic nitrogens is 2. The van der Waals surface area contributed by atoms with Crippen molar-refractivity contribution in [3.63, 3.8) is 0 Å². The maximum absolute atomic E-state index is 9.68. The first kappa shape index (κ1) is 16.4. The topological polar surface area (TPSA) is 77.3 Å². The highest BCUT2D eigenvalue weighted by Crippen LogP contribution is 2.35. The summed E-state index contributed by atoms with van der Waals surface area (Å²) >= 11 is 0. The van der Waals surface area contributed by atoms with Crippen LogP contribution >= 0.6 is 0 Å². The van der Waals surface area contributed by atoms with Gasteiger partial charge in [0, 0.05) is 32.2 Å². The molecule has 0 spiro atoms. The molecule has 2 aliphatic heterocycles. The standard InChI is InChI=1S/C19H20N6O/c1-2-24-7-9-25(10-8-24)18-11-16(21-13-22-18)14(12-20)19-23-15-5-3-4-6-17(15)26-19/h3-6,11,13,23H,2,7-10H2,1H3. The number of hydrogen-bond acceptors (Lipinski definition) is 7. The zero-order valence-electron chi connectivity index (χ0n) is 14.6. The molecule has 3 heterocycles. The fourth-order valence-corrected chi connectivity index (χ4v) is 3.20. The number of nitrogens with one attached hydrogen (secondary N) is 1. The van der Waals surface area contributed by atoms with E-state index in [1.165, 1.54) is 6.33 Å². The number of anilines is 2. The van der Waals surface area contributed by atoms with E-state index in [0.29, 0.717) is 22.9 Å². The molecule has 7 nitrogen and oxygen atoms in total. The molecule has 0 saturated carbocycles. The number of ether oxygens (including phenoxy) is 1. The molecule has 0 aliphatic carbocycles. The summed E-state index contributed by atoms with van der Waals surface area (Å²) < 4.78 is 5.79. The Hall–Kier alpha value is -3.11. The quantitative estimate of drug-likeness (QED) is 0.853. The Labute approximate surface area is 152 Å². The fourth-order valence-electron chi connectivity index (χ4n) is 3.20. The van der Waals surface area contributed by atoms with Gasteiger partial charge in [0.05, 0.1) is 11.4 Å². The molecule has 1 saturated heterocycles. The highest BCUT2D eigenvalue weighted by atomic mass is 16.5. The predicted octanol–water partition coefficient (Wildman–Crippen LogP) is 2.32. The maximum Gasteiger partial charge on any atom is 0.218 e. The van der Waals surface area contributed by atoms with Crippen molar-refractivity contribution in [1.82, 2.24) is 14.9 Å². The minimum Gasteiger partial charge on any atom is -0.437 e. The van der Waals surface area contributed by atoms with Gasteiger partial charge < -0.3 is 19.9 Å². The van der Waals surface area contributed by atoms with Crippen LogP contribution in [-0.2, 0) is 0 Å². The lowest BCUT2D eigenvalue weighted by atomic mass is 10.2. The van der Waals surface area contributed by atoms with Gasteiger partial charge in [-0.15, -0.1) is 0 Å². The van der Waals surface area contributed by atoms with Crippen molar-refractivity contribution < 1.29 is 4.74 Å². The maximum atomic E-state index is 9.68. The first-order valence-corrected chi connectivity index (χ1v) is 8.76. The number of rotatable bonds is 3. The third-order valence-electron chi connectivity index (χ3n) is 4.74. The van der Waals surface area contributed by atoms with Crippen molar-refractivity contribution in [3.8, 4) is 11.8 Å². The van der Waals surface area contributed by atoms with Gasteiger partial charge in [0.15, 0.2) is 5.75 Å². The van der Waals surface area contributed by atoms with E-state index in [2.05, 4.69) is 38.1 Å². The molecule has 2 aromatic rings. The van der Waals surface area contributed by atoms with E-state index in [4.69, 9.17) is 4.74 Å². The molecule has 0 unspecified atom stereocenters. The zero-order valence-corrected chi connectivity index (χ0v) is 14.6.